The van der Waals surface area contributed by atoms with E-state index in [4.69, 9.17) is 9.47 Å². The van der Waals surface area contributed by atoms with Crippen molar-refractivity contribution in [3.63, 3.8) is 0 Å². The lowest BCUT2D eigenvalue weighted by atomic mass is 10.2. The van der Waals surface area contributed by atoms with Crippen LogP contribution in [-0.4, -0.2) is 33.0 Å². The number of halogens is 3. The van der Waals surface area contributed by atoms with Crippen LogP contribution in [0.5, 0.6) is 17.2 Å². The van der Waals surface area contributed by atoms with Crippen molar-refractivity contribution in [3.8, 4) is 17.2 Å². The predicted molar refractivity (Wildman–Crippen MR) is 93.0 cm³/mol. The van der Waals surface area contributed by atoms with Gasteiger partial charge in [-0.15, -0.1) is 13.2 Å². The molecule has 0 aliphatic carbocycles. The quantitative estimate of drug-likeness (QED) is 0.731. The highest BCUT2D eigenvalue weighted by atomic mass is 19.4. The van der Waals surface area contributed by atoms with Gasteiger partial charge in [-0.1, -0.05) is 6.07 Å². The first-order valence-corrected chi connectivity index (χ1v) is 7.88. The van der Waals surface area contributed by atoms with Crippen LogP contribution in [-0.2, 0) is 11.3 Å². The lowest BCUT2D eigenvalue weighted by molar-refractivity contribution is -0.274. The molecule has 2 rings (SSSR count). The SMILES string of the molecule is COc1ccc(CNC(=O)CNc2ccc(OC(F)(F)F)cc2)cc1OC. The van der Waals surface area contributed by atoms with Crippen LogP contribution in [0, 0.1) is 0 Å². The largest absolute Gasteiger partial charge is 0.573 e. The third-order valence-corrected chi connectivity index (χ3v) is 3.48. The van der Waals surface area contributed by atoms with E-state index in [-0.39, 0.29) is 18.2 Å². The molecular weight excluding hydrogens is 365 g/mol. The second kappa shape index (κ2) is 9.02. The van der Waals surface area contributed by atoms with E-state index in [9.17, 15) is 18.0 Å². The van der Waals surface area contributed by atoms with Gasteiger partial charge in [0.25, 0.3) is 0 Å². The Hall–Kier alpha value is -3.10. The predicted octanol–water partition coefficient (Wildman–Crippen LogP) is 3.33. The summed E-state index contributed by atoms with van der Waals surface area (Å²) < 4.78 is 50.4. The van der Waals surface area contributed by atoms with E-state index in [1.54, 1.807) is 18.2 Å². The zero-order valence-corrected chi connectivity index (χ0v) is 14.7. The summed E-state index contributed by atoms with van der Waals surface area (Å²) in [5.41, 5.74) is 1.32. The summed E-state index contributed by atoms with van der Waals surface area (Å²) in [6.07, 6.45) is -4.74. The van der Waals surface area contributed by atoms with Crippen LogP contribution >= 0.6 is 0 Å². The number of carbonyl (C=O) groups is 1. The first-order chi connectivity index (χ1) is 12.8. The number of rotatable bonds is 8. The number of alkyl halides is 3. The van der Waals surface area contributed by atoms with Crippen LogP contribution < -0.4 is 24.8 Å². The van der Waals surface area contributed by atoms with Crippen LogP contribution in [0.25, 0.3) is 0 Å². The van der Waals surface area contributed by atoms with Gasteiger partial charge in [-0.3, -0.25) is 4.79 Å². The average molecular weight is 384 g/mol. The number of methoxy groups -OCH3 is 2. The van der Waals surface area contributed by atoms with E-state index < -0.39 is 6.36 Å². The fourth-order valence-electron chi connectivity index (χ4n) is 2.21. The van der Waals surface area contributed by atoms with Crippen molar-refractivity contribution >= 4 is 11.6 Å². The van der Waals surface area contributed by atoms with Crippen LogP contribution in [0.15, 0.2) is 42.5 Å². The van der Waals surface area contributed by atoms with E-state index >= 15 is 0 Å². The van der Waals surface area contributed by atoms with Gasteiger partial charge in [0.05, 0.1) is 20.8 Å². The van der Waals surface area contributed by atoms with Crippen molar-refractivity contribution in [2.75, 3.05) is 26.1 Å². The van der Waals surface area contributed by atoms with E-state index in [0.717, 1.165) is 17.7 Å². The molecule has 6 nitrogen and oxygen atoms in total. The van der Waals surface area contributed by atoms with Crippen molar-refractivity contribution in [2.24, 2.45) is 0 Å². The number of amides is 1. The van der Waals surface area contributed by atoms with Gasteiger partial charge in [-0.25, -0.2) is 0 Å². The second-order valence-electron chi connectivity index (χ2n) is 5.39. The number of benzene rings is 2. The van der Waals surface area contributed by atoms with Crippen molar-refractivity contribution in [1.29, 1.82) is 0 Å². The summed E-state index contributed by atoms with van der Waals surface area (Å²) in [6, 6.07) is 10.4. The van der Waals surface area contributed by atoms with Gasteiger partial charge in [-0.05, 0) is 42.0 Å². The summed E-state index contributed by atoms with van der Waals surface area (Å²) in [7, 11) is 3.06. The number of hydrogen-bond acceptors (Lipinski definition) is 5. The molecule has 0 heterocycles. The van der Waals surface area contributed by atoms with Crippen molar-refractivity contribution in [1.82, 2.24) is 5.32 Å². The average Bonchev–Trinajstić information content (AvgIpc) is 2.64. The molecule has 2 aromatic carbocycles. The minimum atomic E-state index is -4.74. The van der Waals surface area contributed by atoms with E-state index in [0.29, 0.717) is 23.7 Å². The summed E-state index contributed by atoms with van der Waals surface area (Å²) in [5, 5.41) is 5.55. The zero-order chi connectivity index (χ0) is 19.9. The van der Waals surface area contributed by atoms with Crippen LogP contribution in [0.4, 0.5) is 18.9 Å². The summed E-state index contributed by atoms with van der Waals surface area (Å²) >= 11 is 0. The van der Waals surface area contributed by atoms with Gasteiger partial charge in [0.15, 0.2) is 11.5 Å². The maximum atomic E-state index is 12.1. The topological polar surface area (TPSA) is 68.8 Å². The lowest BCUT2D eigenvalue weighted by Gasteiger charge is -2.12. The maximum absolute atomic E-state index is 12.1. The van der Waals surface area contributed by atoms with Crippen molar-refractivity contribution in [3.05, 3.63) is 48.0 Å². The lowest BCUT2D eigenvalue weighted by Crippen LogP contribution is -2.29. The van der Waals surface area contributed by atoms with Gasteiger partial charge in [0, 0.05) is 12.2 Å². The Kier molecular flexibility index (Phi) is 6.75. The third kappa shape index (κ3) is 6.61. The Morgan fingerprint density at radius 3 is 2.26 bits per heavy atom. The van der Waals surface area contributed by atoms with Gasteiger partial charge >= 0.3 is 6.36 Å². The van der Waals surface area contributed by atoms with Crippen LogP contribution in [0.1, 0.15) is 5.56 Å². The molecule has 0 aliphatic heterocycles. The van der Waals surface area contributed by atoms with E-state index in [1.807, 2.05) is 0 Å². The maximum Gasteiger partial charge on any atom is 0.573 e. The highest BCUT2D eigenvalue weighted by Crippen LogP contribution is 2.27. The summed E-state index contributed by atoms with van der Waals surface area (Å²) in [6.45, 7) is 0.256. The van der Waals surface area contributed by atoms with Gasteiger partial charge in [0.1, 0.15) is 5.75 Å². The molecule has 0 spiro atoms. The highest BCUT2D eigenvalue weighted by Gasteiger charge is 2.30. The molecule has 0 aliphatic rings. The molecule has 2 N–H and O–H groups in total. The molecule has 2 aromatic rings. The molecule has 0 saturated heterocycles. The number of hydrogen-bond donors (Lipinski definition) is 2. The zero-order valence-electron chi connectivity index (χ0n) is 14.7. The Bertz CT molecular complexity index is 764. The molecule has 0 fully saturated rings. The Morgan fingerprint density at radius 1 is 1.00 bits per heavy atom. The normalized spacial score (nSPS) is 10.9. The molecule has 146 valence electrons. The van der Waals surface area contributed by atoms with Crippen LogP contribution in [0.2, 0.25) is 0 Å². The van der Waals surface area contributed by atoms with Gasteiger partial charge in [0.2, 0.25) is 5.91 Å². The monoisotopic (exact) mass is 384 g/mol. The smallest absolute Gasteiger partial charge is 0.493 e. The highest BCUT2D eigenvalue weighted by molar-refractivity contribution is 5.80. The molecule has 0 bridgehead atoms. The Labute approximate surface area is 154 Å². The van der Waals surface area contributed by atoms with Gasteiger partial charge < -0.3 is 24.8 Å². The molecule has 0 saturated carbocycles. The first-order valence-electron chi connectivity index (χ1n) is 7.88. The van der Waals surface area contributed by atoms with E-state index in [1.165, 1.54) is 26.4 Å². The minimum Gasteiger partial charge on any atom is -0.493 e. The number of anilines is 1. The fourth-order valence-corrected chi connectivity index (χ4v) is 2.21. The summed E-state index contributed by atoms with van der Waals surface area (Å²) in [4.78, 5) is 11.9. The molecule has 0 radical (unpaired) electrons. The Balaban J connectivity index is 1.81. The summed E-state index contributed by atoms with van der Waals surface area (Å²) in [5.74, 6) is 0.544. The fraction of sp³-hybridized carbons (Fsp3) is 0.278. The second-order valence-corrected chi connectivity index (χ2v) is 5.39. The standard InChI is InChI=1S/C18H19F3N2O4/c1-25-15-8-3-12(9-16(15)26-2)10-23-17(24)11-22-13-4-6-14(7-5-13)27-18(19,20)21/h3-9,22H,10-11H2,1-2H3,(H,23,24). The molecule has 0 atom stereocenters. The third-order valence-electron chi connectivity index (χ3n) is 3.48. The minimum absolute atomic E-state index is 0.0350. The molecule has 1 amide bonds. The number of carbonyl (C=O) groups excluding carboxylic acids is 1. The molecule has 0 unspecified atom stereocenters. The van der Waals surface area contributed by atoms with Crippen molar-refractivity contribution in [2.45, 2.75) is 12.9 Å². The van der Waals surface area contributed by atoms with Crippen LogP contribution in [0.3, 0.4) is 0 Å². The number of nitrogens with one attached hydrogen (secondary N) is 2. The molecule has 27 heavy (non-hydrogen) atoms. The number of ether oxygens (including phenoxy) is 3. The van der Waals surface area contributed by atoms with Gasteiger partial charge in [-0.2, -0.15) is 0 Å². The molecular formula is C18H19F3N2O4. The Morgan fingerprint density at radius 2 is 1.67 bits per heavy atom. The molecule has 0 aromatic heterocycles. The molecule has 9 heteroatoms. The van der Waals surface area contributed by atoms with E-state index in [2.05, 4.69) is 15.4 Å². The first kappa shape index (κ1) is 20.2. The van der Waals surface area contributed by atoms with Crippen molar-refractivity contribution < 1.29 is 32.2 Å².